The van der Waals surface area contributed by atoms with Crippen LogP contribution in [0.5, 0.6) is 5.06 Å². The Morgan fingerprint density at radius 3 is 2.61 bits per heavy atom. The van der Waals surface area contributed by atoms with Crippen LogP contribution in [0.15, 0.2) is 66.7 Å². The Labute approximate surface area is 189 Å². The van der Waals surface area contributed by atoms with Gasteiger partial charge in [0.1, 0.15) is 6.04 Å². The van der Waals surface area contributed by atoms with E-state index in [9.17, 15) is 14.7 Å². The van der Waals surface area contributed by atoms with Gasteiger partial charge in [-0.1, -0.05) is 60.1 Å². The number of hydrogen-bond acceptors (Lipinski definition) is 5. The smallest absolute Gasteiger partial charge is 0.336 e. The lowest BCUT2D eigenvalue weighted by atomic mass is 10.0. The van der Waals surface area contributed by atoms with Gasteiger partial charge in [0.2, 0.25) is 0 Å². The van der Waals surface area contributed by atoms with Gasteiger partial charge in [-0.3, -0.25) is 9.69 Å². The topological polar surface area (TPSA) is 66.8 Å². The van der Waals surface area contributed by atoms with Crippen molar-refractivity contribution in [3.63, 3.8) is 0 Å². The lowest BCUT2D eigenvalue weighted by molar-refractivity contribution is -0.144. The number of halogens is 1. The highest BCUT2D eigenvalue weighted by molar-refractivity contribution is 7.14. The number of carbonyl (C=O) groups excluding carboxylic acids is 1. The Balaban J connectivity index is 1.47. The van der Waals surface area contributed by atoms with Gasteiger partial charge in [0, 0.05) is 29.1 Å². The Kier molecular flexibility index (Phi) is 6.51. The van der Waals surface area contributed by atoms with Gasteiger partial charge in [-0.15, -0.1) is 11.3 Å². The molecular formula is C24H20ClNO4S. The number of carboxylic acids is 1. The first-order chi connectivity index (χ1) is 15.0. The second-order valence-corrected chi connectivity index (χ2v) is 8.67. The Morgan fingerprint density at radius 1 is 1.13 bits per heavy atom. The monoisotopic (exact) mass is 453 g/mol. The van der Waals surface area contributed by atoms with Crippen LogP contribution in [0.4, 0.5) is 0 Å². The largest absolute Gasteiger partial charge is 0.480 e. The van der Waals surface area contributed by atoms with E-state index in [2.05, 4.69) is 0 Å². The van der Waals surface area contributed by atoms with Gasteiger partial charge < -0.3 is 9.84 Å². The number of hydrogen-bond donors (Lipinski definition) is 1. The Morgan fingerprint density at radius 2 is 1.87 bits per heavy atom. The van der Waals surface area contributed by atoms with Gasteiger partial charge in [0.15, 0.2) is 5.06 Å². The molecule has 0 spiro atoms. The van der Waals surface area contributed by atoms with E-state index < -0.39 is 18.0 Å². The Bertz CT molecular complexity index is 1130. The number of thiophene rings is 1. The molecule has 7 heteroatoms. The van der Waals surface area contributed by atoms with E-state index in [0.717, 1.165) is 16.0 Å². The predicted octanol–water partition coefficient (Wildman–Crippen LogP) is 5.20. The van der Waals surface area contributed by atoms with E-state index in [4.69, 9.17) is 16.3 Å². The molecule has 5 nitrogen and oxygen atoms in total. The summed E-state index contributed by atoms with van der Waals surface area (Å²) in [5.74, 6) is -1.39. The fourth-order valence-corrected chi connectivity index (χ4v) is 4.90. The van der Waals surface area contributed by atoms with Crippen LogP contribution in [0.1, 0.15) is 27.6 Å². The van der Waals surface area contributed by atoms with Crippen LogP contribution in [0.3, 0.4) is 0 Å². The second-order valence-electron chi connectivity index (χ2n) is 7.16. The molecule has 1 atom stereocenters. The number of aliphatic carboxylic acids is 1. The van der Waals surface area contributed by atoms with Crippen molar-refractivity contribution in [2.75, 3.05) is 6.54 Å². The number of fused-ring (bicyclic) bond motifs is 1. The summed E-state index contributed by atoms with van der Waals surface area (Å²) in [4.78, 5) is 27.2. The van der Waals surface area contributed by atoms with Crippen LogP contribution in [-0.4, -0.2) is 28.5 Å². The molecular weight excluding hydrogens is 434 g/mol. The predicted molar refractivity (Wildman–Crippen MR) is 121 cm³/mol. The third kappa shape index (κ3) is 5.05. The van der Waals surface area contributed by atoms with Gasteiger partial charge in [-0.25, -0.2) is 4.79 Å². The quantitative estimate of drug-likeness (QED) is 0.410. The van der Waals surface area contributed by atoms with E-state index in [1.165, 1.54) is 17.4 Å². The zero-order valence-electron chi connectivity index (χ0n) is 16.5. The van der Waals surface area contributed by atoms with Crippen molar-refractivity contribution >= 4 is 41.0 Å². The van der Waals surface area contributed by atoms with Gasteiger partial charge in [0.05, 0.1) is 0 Å². The van der Waals surface area contributed by atoms with E-state index in [0.29, 0.717) is 35.2 Å². The van der Waals surface area contributed by atoms with Crippen molar-refractivity contribution in [3.8, 4) is 5.06 Å². The highest BCUT2D eigenvalue weighted by Crippen LogP contribution is 2.37. The molecule has 2 aromatic carbocycles. The maximum Gasteiger partial charge on any atom is 0.336 e. The first-order valence-electron chi connectivity index (χ1n) is 9.79. The number of rotatable bonds is 6. The summed E-state index contributed by atoms with van der Waals surface area (Å²) in [6.07, 6.45) is 3.79. The highest BCUT2D eigenvalue weighted by atomic mass is 35.5. The molecule has 0 saturated carbocycles. The molecule has 0 aliphatic carbocycles. The molecule has 158 valence electrons. The molecule has 0 fully saturated rings. The van der Waals surface area contributed by atoms with E-state index in [1.54, 1.807) is 30.3 Å². The molecule has 3 aromatic rings. The minimum absolute atomic E-state index is 0.436. The first kappa shape index (κ1) is 21.3. The van der Waals surface area contributed by atoms with Gasteiger partial charge in [-0.05, 0) is 41.3 Å². The van der Waals surface area contributed by atoms with E-state index in [-0.39, 0.29) is 0 Å². The summed E-state index contributed by atoms with van der Waals surface area (Å²) in [6, 6.07) is 17.5. The average molecular weight is 454 g/mol. The number of carbonyl (C=O) groups is 2. The average Bonchev–Trinajstić information content (AvgIpc) is 3.16. The summed E-state index contributed by atoms with van der Waals surface area (Å²) < 4.78 is 5.47. The lowest BCUT2D eigenvalue weighted by Gasteiger charge is -2.32. The SMILES string of the molecule is O=C(C=Cc1ccccc1)Oc1cc2c(s1)CCN([C@H](C(=O)O)c1ccccc1Cl)C2. The van der Waals surface area contributed by atoms with Crippen molar-refractivity contribution in [2.24, 2.45) is 0 Å². The second kappa shape index (κ2) is 9.47. The fourth-order valence-electron chi connectivity index (χ4n) is 3.64. The summed E-state index contributed by atoms with van der Waals surface area (Å²) in [5.41, 5.74) is 2.47. The van der Waals surface area contributed by atoms with Crippen LogP contribution < -0.4 is 4.74 Å². The molecule has 1 N–H and O–H groups in total. The number of ether oxygens (including phenoxy) is 1. The third-order valence-electron chi connectivity index (χ3n) is 5.09. The standard InChI is InChI=1S/C24H20ClNO4S/c25-19-9-5-4-8-18(19)23(24(28)29)26-13-12-20-17(15-26)14-22(31-20)30-21(27)11-10-16-6-2-1-3-7-16/h1-11,14,23H,12-13,15H2,(H,28,29)/t23-/m0/s1. The van der Waals surface area contributed by atoms with Crippen LogP contribution >= 0.6 is 22.9 Å². The normalized spacial score (nSPS) is 14.9. The fraction of sp³-hybridized carbons (Fsp3) is 0.167. The van der Waals surface area contributed by atoms with Crippen molar-refractivity contribution in [1.29, 1.82) is 0 Å². The number of esters is 1. The molecule has 0 amide bonds. The molecule has 0 radical (unpaired) electrons. The zero-order chi connectivity index (χ0) is 21.8. The minimum atomic E-state index is -0.940. The van der Waals surface area contributed by atoms with E-state index >= 15 is 0 Å². The zero-order valence-corrected chi connectivity index (χ0v) is 18.1. The van der Waals surface area contributed by atoms with Gasteiger partial charge >= 0.3 is 11.9 Å². The molecule has 31 heavy (non-hydrogen) atoms. The number of benzene rings is 2. The van der Waals surface area contributed by atoms with Crippen LogP contribution in [0.2, 0.25) is 5.02 Å². The van der Waals surface area contributed by atoms with Crippen molar-refractivity contribution in [3.05, 3.63) is 93.3 Å². The molecule has 0 saturated heterocycles. The maximum absolute atomic E-state index is 12.2. The molecule has 1 aliphatic heterocycles. The van der Waals surface area contributed by atoms with E-state index in [1.807, 2.05) is 41.3 Å². The van der Waals surface area contributed by atoms with Crippen LogP contribution in [0.25, 0.3) is 6.08 Å². The highest BCUT2D eigenvalue weighted by Gasteiger charge is 2.32. The molecule has 4 rings (SSSR count). The van der Waals surface area contributed by atoms with Gasteiger partial charge in [0.25, 0.3) is 0 Å². The molecule has 1 aromatic heterocycles. The molecule has 1 aliphatic rings. The summed E-state index contributed by atoms with van der Waals surface area (Å²) in [7, 11) is 0. The van der Waals surface area contributed by atoms with Crippen LogP contribution in [-0.2, 0) is 22.6 Å². The number of nitrogens with zero attached hydrogens (tertiary/aromatic N) is 1. The molecule has 0 bridgehead atoms. The van der Waals surface area contributed by atoms with Crippen molar-refractivity contribution in [2.45, 2.75) is 19.0 Å². The van der Waals surface area contributed by atoms with Crippen molar-refractivity contribution in [1.82, 2.24) is 4.90 Å². The Hall–Kier alpha value is -2.93. The minimum Gasteiger partial charge on any atom is -0.480 e. The summed E-state index contributed by atoms with van der Waals surface area (Å²) >= 11 is 7.70. The lowest BCUT2D eigenvalue weighted by Crippen LogP contribution is -2.37. The maximum atomic E-state index is 12.2. The summed E-state index contributed by atoms with van der Waals surface area (Å²) in [6.45, 7) is 1.03. The van der Waals surface area contributed by atoms with Crippen molar-refractivity contribution < 1.29 is 19.4 Å². The molecule has 2 heterocycles. The van der Waals surface area contributed by atoms with Crippen LogP contribution in [0, 0.1) is 0 Å². The number of carboxylic acid groups (broad SMARTS) is 1. The first-order valence-corrected chi connectivity index (χ1v) is 11.0. The van der Waals surface area contributed by atoms with Gasteiger partial charge in [-0.2, -0.15) is 0 Å². The third-order valence-corrected chi connectivity index (χ3v) is 6.54. The molecule has 0 unspecified atom stereocenters. The summed E-state index contributed by atoms with van der Waals surface area (Å²) in [5, 5.41) is 10.8.